The van der Waals surface area contributed by atoms with Gasteiger partial charge in [0.1, 0.15) is 12.4 Å². The van der Waals surface area contributed by atoms with Gasteiger partial charge in [0.15, 0.2) is 23.2 Å². The molecule has 1 atom stereocenters. The van der Waals surface area contributed by atoms with E-state index in [1.807, 2.05) is 6.92 Å². The fourth-order valence-corrected chi connectivity index (χ4v) is 5.44. The minimum Gasteiger partial charge on any atom is -0.490 e. The number of hydrazone groups is 1. The van der Waals surface area contributed by atoms with Crippen LogP contribution in [0.15, 0.2) is 81.5 Å². The molecule has 4 rings (SSSR count). The predicted molar refractivity (Wildman–Crippen MR) is 181 cm³/mol. The number of rotatable bonds is 14. The summed E-state index contributed by atoms with van der Waals surface area (Å²) >= 11 is 8.81. The third-order valence-corrected chi connectivity index (χ3v) is 7.40. The van der Waals surface area contributed by atoms with Crippen molar-refractivity contribution >= 4 is 57.0 Å². The highest BCUT2D eigenvalue weighted by Gasteiger charge is 2.32. The number of nitro benzene ring substituents is 1. The van der Waals surface area contributed by atoms with Crippen LogP contribution in [-0.4, -0.2) is 47.9 Å². The molecule has 0 aliphatic carbocycles. The van der Waals surface area contributed by atoms with Crippen LogP contribution in [0.2, 0.25) is 0 Å². The number of nitro groups is 1. The number of nitrogens with zero attached hydrogens (tertiary/aromatic N) is 2. The van der Waals surface area contributed by atoms with E-state index >= 15 is 0 Å². The number of non-ortho nitro benzene ring substituents is 1. The van der Waals surface area contributed by atoms with Gasteiger partial charge in [0, 0.05) is 23.4 Å². The van der Waals surface area contributed by atoms with E-state index in [-0.39, 0.29) is 25.5 Å². The normalized spacial score (nSPS) is 14.2. The van der Waals surface area contributed by atoms with Crippen molar-refractivity contribution in [3.63, 3.8) is 0 Å². The van der Waals surface area contributed by atoms with Gasteiger partial charge in [-0.25, -0.2) is 10.2 Å². The van der Waals surface area contributed by atoms with Gasteiger partial charge in [0.25, 0.3) is 11.6 Å². The van der Waals surface area contributed by atoms with Gasteiger partial charge in [-0.1, -0.05) is 30.3 Å². The fraction of sp³-hybridized carbons (Fsp3) is 0.250. The molecule has 0 unspecified atom stereocenters. The molecule has 0 radical (unpaired) electrons. The van der Waals surface area contributed by atoms with Gasteiger partial charge in [-0.3, -0.25) is 14.9 Å². The summed E-state index contributed by atoms with van der Waals surface area (Å²) in [6, 6.07) is 15.9. The summed E-state index contributed by atoms with van der Waals surface area (Å²) in [5.74, 6) is 0.169. The van der Waals surface area contributed by atoms with Gasteiger partial charge >= 0.3 is 5.97 Å². The van der Waals surface area contributed by atoms with E-state index < -0.39 is 22.8 Å². The number of ether oxygens (including phenoxy) is 4. The van der Waals surface area contributed by atoms with E-state index in [2.05, 4.69) is 37.1 Å². The Hall–Kier alpha value is -5.02. The maximum absolute atomic E-state index is 12.8. The Labute approximate surface area is 284 Å². The number of benzene rings is 3. The summed E-state index contributed by atoms with van der Waals surface area (Å²) in [7, 11) is 0. The minimum absolute atomic E-state index is 0.0304. The Balaban J connectivity index is 1.41. The van der Waals surface area contributed by atoms with Gasteiger partial charge in [0.2, 0.25) is 0 Å². The fourth-order valence-electron chi connectivity index (χ4n) is 4.59. The minimum atomic E-state index is -0.656. The number of halogens is 1. The standard InChI is InChI=1S/C32H32BrN5O8S/c1-4-43-26-15-21(14-24(33)30(26)46-17-20-9-8-10-22(13-20)38(41)42)16-34-37-27(39)18-45-25-12-7-6-11-23(25)29-28(31(40)44-5-2)19(3)35-32(47)36-29/h6-16,29H,4-5,17-18H2,1-3H3,(H,37,39)(H2,35,36,47)/t29-/m0/s1. The Morgan fingerprint density at radius 1 is 1.06 bits per heavy atom. The van der Waals surface area contributed by atoms with E-state index in [1.54, 1.807) is 62.4 Å². The number of thiocarbonyl (C=S) groups is 1. The molecule has 0 spiro atoms. The highest BCUT2D eigenvalue weighted by atomic mass is 79.9. The molecule has 0 aromatic heterocycles. The zero-order chi connectivity index (χ0) is 33.9. The molecule has 3 aromatic rings. The van der Waals surface area contributed by atoms with E-state index in [4.69, 9.17) is 31.2 Å². The summed E-state index contributed by atoms with van der Waals surface area (Å²) in [5.41, 5.74) is 5.12. The van der Waals surface area contributed by atoms with Crippen molar-refractivity contribution < 1.29 is 33.5 Å². The van der Waals surface area contributed by atoms with Crippen LogP contribution in [0.5, 0.6) is 17.2 Å². The smallest absolute Gasteiger partial charge is 0.338 e. The highest BCUT2D eigenvalue weighted by molar-refractivity contribution is 9.10. The van der Waals surface area contributed by atoms with Crippen LogP contribution >= 0.6 is 28.1 Å². The second kappa shape index (κ2) is 16.5. The number of amides is 1. The molecule has 1 amide bonds. The summed E-state index contributed by atoms with van der Waals surface area (Å²) in [4.78, 5) is 36.1. The van der Waals surface area contributed by atoms with Crippen molar-refractivity contribution in [1.82, 2.24) is 16.1 Å². The molecule has 0 fully saturated rings. The molecule has 0 saturated carbocycles. The number of allylic oxidation sites excluding steroid dienone is 1. The molecule has 1 aliphatic rings. The Kier molecular flexibility index (Phi) is 12.2. The zero-order valence-corrected chi connectivity index (χ0v) is 28.1. The third-order valence-electron chi connectivity index (χ3n) is 6.59. The van der Waals surface area contributed by atoms with Gasteiger partial charge in [-0.05, 0) is 78.2 Å². The van der Waals surface area contributed by atoms with Crippen molar-refractivity contribution in [3.8, 4) is 17.2 Å². The van der Waals surface area contributed by atoms with Crippen LogP contribution in [-0.2, 0) is 20.9 Å². The number of para-hydroxylation sites is 1. The number of carbonyl (C=O) groups excluding carboxylic acids is 2. The first-order chi connectivity index (χ1) is 22.6. The molecule has 0 bridgehead atoms. The first kappa shape index (κ1) is 34.8. The summed E-state index contributed by atoms with van der Waals surface area (Å²) in [6.07, 6.45) is 1.43. The molecule has 15 heteroatoms. The molecular formula is C32H32BrN5O8S. The second-order valence-corrected chi connectivity index (χ2v) is 11.2. The lowest BCUT2D eigenvalue weighted by molar-refractivity contribution is -0.384. The SMILES string of the molecule is CCOC(=O)C1=C(C)NC(=S)N[C@H]1c1ccccc1OCC(=O)NN=Cc1cc(Br)c(OCc2cccc([N+](=O)[O-])c2)c(OCC)c1. The molecule has 1 aliphatic heterocycles. The summed E-state index contributed by atoms with van der Waals surface area (Å²) < 4.78 is 23.3. The van der Waals surface area contributed by atoms with E-state index in [9.17, 15) is 19.7 Å². The van der Waals surface area contributed by atoms with Crippen LogP contribution in [0.1, 0.15) is 43.5 Å². The number of nitrogens with one attached hydrogen (secondary N) is 3. The predicted octanol–water partition coefficient (Wildman–Crippen LogP) is 5.22. The maximum Gasteiger partial charge on any atom is 0.338 e. The molecular weight excluding hydrogens is 694 g/mol. The number of hydrogen-bond donors (Lipinski definition) is 3. The van der Waals surface area contributed by atoms with Crippen molar-refractivity contribution in [2.24, 2.45) is 5.10 Å². The number of esters is 1. The molecule has 3 aromatic carbocycles. The Morgan fingerprint density at radius 2 is 1.85 bits per heavy atom. The van der Waals surface area contributed by atoms with Crippen molar-refractivity contribution in [1.29, 1.82) is 0 Å². The van der Waals surface area contributed by atoms with E-state index in [1.165, 1.54) is 18.3 Å². The largest absolute Gasteiger partial charge is 0.490 e. The van der Waals surface area contributed by atoms with Crippen molar-refractivity contribution in [3.05, 3.63) is 103 Å². The average molecular weight is 727 g/mol. The topological polar surface area (TPSA) is 163 Å². The number of carbonyl (C=O) groups is 2. The van der Waals surface area contributed by atoms with E-state index in [0.29, 0.717) is 61.4 Å². The molecule has 0 saturated heterocycles. The monoisotopic (exact) mass is 725 g/mol. The van der Waals surface area contributed by atoms with Crippen molar-refractivity contribution in [2.75, 3.05) is 19.8 Å². The zero-order valence-electron chi connectivity index (χ0n) is 25.7. The lowest BCUT2D eigenvalue weighted by Gasteiger charge is -2.30. The van der Waals surface area contributed by atoms with Crippen LogP contribution < -0.4 is 30.3 Å². The molecule has 13 nitrogen and oxygen atoms in total. The van der Waals surface area contributed by atoms with Gasteiger partial charge in [-0.15, -0.1) is 0 Å². The molecule has 246 valence electrons. The summed E-state index contributed by atoms with van der Waals surface area (Å²) in [6.45, 7) is 5.55. The number of hydrogen-bond acceptors (Lipinski definition) is 10. The van der Waals surface area contributed by atoms with E-state index in [0.717, 1.165) is 0 Å². The second-order valence-electron chi connectivity index (χ2n) is 9.89. The average Bonchev–Trinajstić information content (AvgIpc) is 3.03. The van der Waals surface area contributed by atoms with Gasteiger partial charge < -0.3 is 29.6 Å². The Morgan fingerprint density at radius 3 is 2.60 bits per heavy atom. The third kappa shape index (κ3) is 9.26. The van der Waals surface area contributed by atoms with Crippen LogP contribution in [0.4, 0.5) is 5.69 Å². The first-order valence-electron chi connectivity index (χ1n) is 14.4. The first-order valence-corrected chi connectivity index (χ1v) is 15.6. The quantitative estimate of drug-likeness (QED) is 0.0657. The highest BCUT2D eigenvalue weighted by Crippen LogP contribution is 2.37. The van der Waals surface area contributed by atoms with Gasteiger partial charge in [-0.2, -0.15) is 5.10 Å². The van der Waals surface area contributed by atoms with Gasteiger partial charge in [0.05, 0.1) is 40.4 Å². The summed E-state index contributed by atoms with van der Waals surface area (Å²) in [5, 5.41) is 21.5. The van der Waals surface area contributed by atoms with Crippen LogP contribution in [0.25, 0.3) is 0 Å². The van der Waals surface area contributed by atoms with Crippen LogP contribution in [0, 0.1) is 10.1 Å². The molecule has 47 heavy (non-hydrogen) atoms. The van der Waals surface area contributed by atoms with Crippen molar-refractivity contribution in [2.45, 2.75) is 33.4 Å². The van der Waals surface area contributed by atoms with Crippen LogP contribution in [0.3, 0.4) is 0 Å². The lowest BCUT2D eigenvalue weighted by atomic mass is 9.95. The molecule has 1 heterocycles. The Bertz CT molecular complexity index is 1730. The lowest BCUT2D eigenvalue weighted by Crippen LogP contribution is -2.45. The molecule has 3 N–H and O–H groups in total. The maximum atomic E-state index is 12.8.